The molecule has 106 valence electrons. The van der Waals surface area contributed by atoms with Gasteiger partial charge in [-0.1, -0.05) is 28.9 Å². The van der Waals surface area contributed by atoms with Crippen molar-refractivity contribution in [3.8, 4) is 11.5 Å². The molecule has 0 amide bonds. The highest BCUT2D eigenvalue weighted by atomic mass is 19.1. The molecule has 3 rings (SSSR count). The van der Waals surface area contributed by atoms with Crippen molar-refractivity contribution in [1.82, 2.24) is 10.1 Å². The molecule has 1 heterocycles. The highest BCUT2D eigenvalue weighted by Gasteiger charge is 2.12. The molecule has 0 spiro atoms. The first-order chi connectivity index (χ1) is 10.1. The van der Waals surface area contributed by atoms with Crippen LogP contribution in [-0.4, -0.2) is 10.1 Å². The van der Waals surface area contributed by atoms with Crippen molar-refractivity contribution in [1.29, 1.82) is 0 Å². The number of anilines is 1. The van der Waals surface area contributed by atoms with Crippen LogP contribution in [0.15, 0.2) is 47.0 Å². The smallest absolute Gasteiger partial charge is 0.260 e. The van der Waals surface area contributed by atoms with Crippen LogP contribution in [-0.2, 0) is 6.42 Å². The second-order valence-electron chi connectivity index (χ2n) is 4.91. The maximum Gasteiger partial charge on any atom is 0.260 e. The summed E-state index contributed by atoms with van der Waals surface area (Å²) in [4.78, 5) is 4.35. The molecule has 4 nitrogen and oxygen atoms in total. The number of aromatic nitrogens is 2. The zero-order valence-electron chi connectivity index (χ0n) is 11.5. The minimum atomic E-state index is -0.264. The Morgan fingerprint density at radius 1 is 1.14 bits per heavy atom. The Labute approximate surface area is 121 Å². The highest BCUT2D eigenvalue weighted by Crippen LogP contribution is 2.25. The van der Waals surface area contributed by atoms with Crippen molar-refractivity contribution in [3.05, 3.63) is 65.2 Å². The number of aryl methyl sites for hydroxylation is 1. The number of benzene rings is 2. The van der Waals surface area contributed by atoms with Crippen LogP contribution in [0.25, 0.3) is 11.5 Å². The first-order valence-electron chi connectivity index (χ1n) is 6.55. The van der Waals surface area contributed by atoms with E-state index in [9.17, 15) is 4.39 Å². The Bertz CT molecular complexity index is 765. The lowest BCUT2D eigenvalue weighted by Crippen LogP contribution is -1.93. The Balaban J connectivity index is 1.86. The predicted octanol–water partition coefficient (Wildman–Crippen LogP) is 3.36. The lowest BCUT2D eigenvalue weighted by atomic mass is 10.1. The van der Waals surface area contributed by atoms with Crippen LogP contribution in [0.3, 0.4) is 0 Å². The molecule has 0 fully saturated rings. The van der Waals surface area contributed by atoms with Crippen LogP contribution >= 0.6 is 0 Å². The first-order valence-corrected chi connectivity index (χ1v) is 6.55. The zero-order chi connectivity index (χ0) is 14.8. The zero-order valence-corrected chi connectivity index (χ0v) is 11.5. The van der Waals surface area contributed by atoms with Crippen LogP contribution in [0.2, 0.25) is 0 Å². The van der Waals surface area contributed by atoms with Gasteiger partial charge in [0.25, 0.3) is 5.89 Å². The molecule has 0 atom stereocenters. The topological polar surface area (TPSA) is 64.9 Å². The molecule has 0 aliphatic carbocycles. The van der Waals surface area contributed by atoms with Crippen LogP contribution in [0.5, 0.6) is 0 Å². The molecule has 0 aliphatic heterocycles. The number of nitrogens with zero attached hydrogens (tertiary/aromatic N) is 2. The summed E-state index contributed by atoms with van der Waals surface area (Å²) < 4.78 is 18.1. The van der Waals surface area contributed by atoms with E-state index in [1.807, 2.05) is 25.1 Å². The lowest BCUT2D eigenvalue weighted by molar-refractivity contribution is 0.424. The van der Waals surface area contributed by atoms with Gasteiger partial charge in [-0.2, -0.15) is 4.98 Å². The third-order valence-corrected chi connectivity index (χ3v) is 3.18. The number of nitrogen functional groups attached to an aromatic ring is 1. The van der Waals surface area contributed by atoms with Gasteiger partial charge in [0.2, 0.25) is 0 Å². The minimum absolute atomic E-state index is 0.264. The number of hydrogen-bond acceptors (Lipinski definition) is 4. The largest absolute Gasteiger partial charge is 0.398 e. The van der Waals surface area contributed by atoms with Gasteiger partial charge in [-0.05, 0) is 36.8 Å². The molecule has 0 bridgehead atoms. The monoisotopic (exact) mass is 283 g/mol. The fourth-order valence-corrected chi connectivity index (χ4v) is 2.08. The number of hydrogen-bond donors (Lipinski definition) is 1. The summed E-state index contributed by atoms with van der Waals surface area (Å²) in [5.74, 6) is 0.672. The Morgan fingerprint density at radius 2 is 1.90 bits per heavy atom. The van der Waals surface area contributed by atoms with Crippen molar-refractivity contribution in [2.24, 2.45) is 0 Å². The Morgan fingerprint density at radius 3 is 2.67 bits per heavy atom. The summed E-state index contributed by atoms with van der Waals surface area (Å²) in [5, 5.41) is 3.95. The summed E-state index contributed by atoms with van der Waals surface area (Å²) in [5.41, 5.74) is 9.24. The van der Waals surface area contributed by atoms with Crippen LogP contribution in [0.1, 0.15) is 17.0 Å². The molecular weight excluding hydrogens is 269 g/mol. The van der Waals surface area contributed by atoms with Gasteiger partial charge >= 0.3 is 0 Å². The molecule has 0 saturated carbocycles. The molecule has 0 saturated heterocycles. The van der Waals surface area contributed by atoms with Gasteiger partial charge in [0.1, 0.15) is 5.82 Å². The molecule has 3 aromatic rings. The van der Waals surface area contributed by atoms with E-state index in [1.165, 1.54) is 12.1 Å². The number of halogens is 1. The van der Waals surface area contributed by atoms with E-state index >= 15 is 0 Å². The normalized spacial score (nSPS) is 10.8. The fraction of sp³-hybridized carbons (Fsp3) is 0.125. The molecule has 2 N–H and O–H groups in total. The van der Waals surface area contributed by atoms with Crippen LogP contribution in [0, 0.1) is 12.7 Å². The number of nitrogens with two attached hydrogens (primary N) is 1. The average Bonchev–Trinajstić information content (AvgIpc) is 2.92. The van der Waals surface area contributed by atoms with E-state index in [0.717, 1.165) is 16.7 Å². The van der Waals surface area contributed by atoms with Gasteiger partial charge in [-0.25, -0.2) is 4.39 Å². The summed E-state index contributed by atoms with van der Waals surface area (Å²) >= 11 is 0. The molecule has 0 aliphatic rings. The van der Waals surface area contributed by atoms with E-state index < -0.39 is 0 Å². The molecule has 0 radical (unpaired) electrons. The predicted molar refractivity (Wildman–Crippen MR) is 78.1 cm³/mol. The Hall–Kier alpha value is -2.69. The quantitative estimate of drug-likeness (QED) is 0.748. The van der Waals surface area contributed by atoms with Crippen molar-refractivity contribution in [2.45, 2.75) is 13.3 Å². The van der Waals surface area contributed by atoms with E-state index in [1.54, 1.807) is 12.1 Å². The van der Waals surface area contributed by atoms with Gasteiger partial charge in [-0.3, -0.25) is 0 Å². The van der Waals surface area contributed by atoms with Crippen molar-refractivity contribution >= 4 is 5.69 Å². The van der Waals surface area contributed by atoms with E-state index in [2.05, 4.69) is 10.1 Å². The highest BCUT2D eigenvalue weighted by molar-refractivity contribution is 5.70. The summed E-state index contributed by atoms with van der Waals surface area (Å²) in [7, 11) is 0. The maximum absolute atomic E-state index is 12.9. The molecule has 5 heteroatoms. The van der Waals surface area contributed by atoms with Gasteiger partial charge in [0.05, 0.1) is 5.56 Å². The molecule has 1 aromatic heterocycles. The second-order valence-corrected chi connectivity index (χ2v) is 4.91. The van der Waals surface area contributed by atoms with Crippen LogP contribution < -0.4 is 5.73 Å². The summed E-state index contributed by atoms with van der Waals surface area (Å²) in [6.45, 7) is 1.97. The standard InChI is InChI=1S/C16H14FN3O/c1-10-2-7-14(18)13(8-10)16-19-15(20-21-16)9-11-3-5-12(17)6-4-11/h2-8H,9,18H2,1H3. The van der Waals surface area contributed by atoms with E-state index in [-0.39, 0.29) is 5.82 Å². The molecular formula is C16H14FN3O. The van der Waals surface area contributed by atoms with Gasteiger partial charge in [0, 0.05) is 12.1 Å². The molecule has 21 heavy (non-hydrogen) atoms. The third-order valence-electron chi connectivity index (χ3n) is 3.18. The summed E-state index contributed by atoms with van der Waals surface area (Å²) in [6.07, 6.45) is 0.482. The molecule has 0 unspecified atom stereocenters. The van der Waals surface area contributed by atoms with E-state index in [0.29, 0.717) is 23.8 Å². The third kappa shape index (κ3) is 2.91. The minimum Gasteiger partial charge on any atom is -0.398 e. The van der Waals surface area contributed by atoms with Gasteiger partial charge < -0.3 is 10.3 Å². The Kier molecular flexibility index (Phi) is 3.39. The van der Waals surface area contributed by atoms with Gasteiger partial charge in [-0.15, -0.1) is 0 Å². The average molecular weight is 283 g/mol. The number of rotatable bonds is 3. The fourth-order valence-electron chi connectivity index (χ4n) is 2.08. The van der Waals surface area contributed by atoms with Crippen molar-refractivity contribution < 1.29 is 8.91 Å². The van der Waals surface area contributed by atoms with Crippen molar-refractivity contribution in [2.75, 3.05) is 5.73 Å². The maximum atomic E-state index is 12.9. The first kappa shape index (κ1) is 13.3. The van der Waals surface area contributed by atoms with E-state index in [4.69, 9.17) is 10.3 Å². The second kappa shape index (κ2) is 5.36. The van der Waals surface area contributed by atoms with Crippen LogP contribution in [0.4, 0.5) is 10.1 Å². The van der Waals surface area contributed by atoms with Crippen molar-refractivity contribution in [3.63, 3.8) is 0 Å². The SMILES string of the molecule is Cc1ccc(N)c(-c2nc(Cc3ccc(F)cc3)no2)c1. The molecule has 2 aromatic carbocycles. The lowest BCUT2D eigenvalue weighted by Gasteiger charge is -2.01. The summed E-state index contributed by atoms with van der Waals surface area (Å²) in [6, 6.07) is 11.9. The van der Waals surface area contributed by atoms with Gasteiger partial charge in [0.15, 0.2) is 5.82 Å².